The molecule has 0 atom stereocenters. The molecule has 0 unspecified atom stereocenters. The molecule has 2 aromatic rings. The molecule has 65 heavy (non-hydrogen) atoms. The first-order valence-corrected chi connectivity index (χ1v) is 28.2. The number of anilines is 1. The van der Waals surface area contributed by atoms with E-state index in [2.05, 4.69) is 142 Å². The number of rotatable bonds is 38. The van der Waals surface area contributed by atoms with Gasteiger partial charge in [0.25, 0.3) is 0 Å². The molecule has 0 saturated carbocycles. The first-order chi connectivity index (χ1) is 31.8. The molecule has 0 amide bonds. The lowest BCUT2D eigenvalue weighted by Gasteiger charge is -2.27. The molecule has 2 heterocycles. The van der Waals surface area contributed by atoms with Crippen molar-refractivity contribution in [1.29, 1.82) is 0 Å². The van der Waals surface area contributed by atoms with Gasteiger partial charge in [-0.15, -0.1) is 0 Å². The fraction of sp³-hybridized carbons (Fsp3) is 0.667. The summed E-state index contributed by atoms with van der Waals surface area (Å²) in [6.45, 7) is 16.4. The van der Waals surface area contributed by atoms with E-state index in [1.165, 1.54) is 239 Å². The van der Waals surface area contributed by atoms with E-state index in [-0.39, 0.29) is 10.8 Å². The molecule has 2 nitrogen and oxygen atoms in total. The van der Waals surface area contributed by atoms with Crippen LogP contribution in [0.25, 0.3) is 0 Å². The predicted octanol–water partition coefficient (Wildman–Crippen LogP) is 19.9. The maximum absolute atomic E-state index is 2.62. The van der Waals surface area contributed by atoms with Crippen LogP contribution < -0.4 is 4.90 Å². The van der Waals surface area contributed by atoms with E-state index in [0.717, 1.165) is 13.1 Å². The summed E-state index contributed by atoms with van der Waals surface area (Å²) >= 11 is 0. The molecule has 0 spiro atoms. The Morgan fingerprint density at radius 1 is 0.415 bits per heavy atom. The van der Waals surface area contributed by atoms with Gasteiger partial charge in [-0.05, 0) is 44.4 Å². The van der Waals surface area contributed by atoms with Crippen LogP contribution in [0.15, 0.2) is 96.8 Å². The number of fused-ring (bicyclic) bond motifs is 2. The van der Waals surface area contributed by atoms with Crippen molar-refractivity contribution in [2.24, 2.45) is 0 Å². The first kappa shape index (κ1) is 54.5. The van der Waals surface area contributed by atoms with E-state index < -0.39 is 0 Å². The standard InChI is InChI=1S/C63H101N2/c1-7-9-11-13-15-17-19-21-23-25-27-29-31-33-38-46-54-64-58-50-44-42-48-56(58)62(3,4)60(64)52-40-36-35-37-41-53-61-63(5,6)57-49-43-45-51-59(57)65(61)55-47-39-34-32-30-28-26-24-22-20-18-16-14-12-10-8-2/h35-37,40-45,48-53H,7-34,38-39,46-47,54-55H2,1-6H3/q+1. The highest BCUT2D eigenvalue weighted by molar-refractivity contribution is 6.03. The third-order valence-corrected chi connectivity index (χ3v) is 15.0. The summed E-state index contributed by atoms with van der Waals surface area (Å²) in [6, 6.07) is 18.2. The summed E-state index contributed by atoms with van der Waals surface area (Å²) in [5.41, 5.74) is 8.55. The van der Waals surface area contributed by atoms with Gasteiger partial charge in [0.05, 0.1) is 5.41 Å². The Labute approximate surface area is 403 Å². The Bertz CT molecular complexity index is 1710. The number of nitrogens with zero attached hydrogens (tertiary/aromatic N) is 2. The van der Waals surface area contributed by atoms with E-state index in [0.29, 0.717) is 0 Å². The lowest BCUT2D eigenvalue weighted by atomic mass is 9.81. The Morgan fingerprint density at radius 3 is 1.32 bits per heavy atom. The molecular formula is C63H101N2+. The first-order valence-electron chi connectivity index (χ1n) is 28.2. The van der Waals surface area contributed by atoms with Crippen LogP contribution in [0.1, 0.15) is 258 Å². The minimum Gasteiger partial charge on any atom is -0.344 e. The number of para-hydroxylation sites is 2. The van der Waals surface area contributed by atoms with Crippen molar-refractivity contribution < 1.29 is 4.58 Å². The molecule has 0 aliphatic carbocycles. The Kier molecular flexibility index (Phi) is 27.3. The van der Waals surface area contributed by atoms with Gasteiger partial charge in [0.1, 0.15) is 6.54 Å². The van der Waals surface area contributed by atoms with Crippen molar-refractivity contribution in [2.75, 3.05) is 18.0 Å². The topological polar surface area (TPSA) is 6.25 Å². The largest absolute Gasteiger partial charge is 0.344 e. The van der Waals surface area contributed by atoms with Crippen LogP contribution in [0.4, 0.5) is 11.4 Å². The number of hydrogen-bond acceptors (Lipinski definition) is 1. The third kappa shape index (κ3) is 19.2. The number of unbranched alkanes of at least 4 members (excludes halogenated alkanes) is 30. The zero-order chi connectivity index (χ0) is 46.3. The zero-order valence-corrected chi connectivity index (χ0v) is 43.6. The van der Waals surface area contributed by atoms with E-state index in [1.807, 2.05) is 0 Å². The van der Waals surface area contributed by atoms with Crippen LogP contribution in [0, 0.1) is 0 Å². The molecule has 0 radical (unpaired) electrons. The zero-order valence-electron chi connectivity index (χ0n) is 43.6. The van der Waals surface area contributed by atoms with E-state index in [4.69, 9.17) is 0 Å². The van der Waals surface area contributed by atoms with Gasteiger partial charge in [0, 0.05) is 47.5 Å². The molecule has 0 N–H and O–H groups in total. The maximum atomic E-state index is 2.62. The van der Waals surface area contributed by atoms with Gasteiger partial charge in [-0.2, -0.15) is 4.58 Å². The summed E-state index contributed by atoms with van der Waals surface area (Å²) in [7, 11) is 0. The number of allylic oxidation sites excluding steroid dienone is 8. The normalized spacial score (nSPS) is 16.1. The Hall–Kier alpha value is -3.13. The van der Waals surface area contributed by atoms with Crippen molar-refractivity contribution in [3.63, 3.8) is 0 Å². The fourth-order valence-corrected chi connectivity index (χ4v) is 10.9. The van der Waals surface area contributed by atoms with Crippen LogP contribution in [-0.2, 0) is 10.8 Å². The van der Waals surface area contributed by atoms with Crippen molar-refractivity contribution in [3.8, 4) is 0 Å². The fourth-order valence-electron chi connectivity index (χ4n) is 10.9. The molecule has 0 fully saturated rings. The van der Waals surface area contributed by atoms with Crippen molar-refractivity contribution >= 4 is 17.1 Å². The summed E-state index contributed by atoms with van der Waals surface area (Å²) in [5, 5.41) is 0. The van der Waals surface area contributed by atoms with Crippen LogP contribution >= 0.6 is 0 Å². The van der Waals surface area contributed by atoms with Gasteiger partial charge >= 0.3 is 0 Å². The minimum absolute atomic E-state index is 0.00478. The van der Waals surface area contributed by atoms with Gasteiger partial charge in [0.15, 0.2) is 5.71 Å². The van der Waals surface area contributed by atoms with E-state index in [9.17, 15) is 0 Å². The Balaban J connectivity index is 1.19. The van der Waals surface area contributed by atoms with Gasteiger partial charge in [0.2, 0.25) is 5.69 Å². The highest BCUT2D eigenvalue weighted by Crippen LogP contribution is 2.47. The molecular weight excluding hydrogens is 785 g/mol. The summed E-state index contributed by atoms with van der Waals surface area (Å²) < 4.78 is 2.62. The van der Waals surface area contributed by atoms with Crippen LogP contribution in [0.2, 0.25) is 0 Å². The molecule has 2 aromatic carbocycles. The molecule has 2 aliphatic rings. The summed E-state index contributed by atoms with van der Waals surface area (Å²) in [4.78, 5) is 2.62. The van der Waals surface area contributed by atoms with Crippen LogP contribution in [0.3, 0.4) is 0 Å². The van der Waals surface area contributed by atoms with Crippen LogP contribution in [-0.4, -0.2) is 23.4 Å². The minimum atomic E-state index is -0.00478. The molecule has 2 heteroatoms. The quantitative estimate of drug-likeness (QED) is 0.0370. The van der Waals surface area contributed by atoms with E-state index in [1.54, 1.807) is 0 Å². The van der Waals surface area contributed by atoms with Crippen molar-refractivity contribution in [2.45, 2.75) is 258 Å². The second-order valence-electron chi connectivity index (χ2n) is 21.3. The second kappa shape index (κ2) is 32.6. The number of benzene rings is 2. The van der Waals surface area contributed by atoms with Gasteiger partial charge in [-0.1, -0.05) is 281 Å². The highest BCUT2D eigenvalue weighted by Gasteiger charge is 2.44. The Morgan fingerprint density at radius 2 is 0.815 bits per heavy atom. The average Bonchev–Trinajstić information content (AvgIpc) is 3.66. The molecule has 2 aliphatic heterocycles. The third-order valence-electron chi connectivity index (χ3n) is 15.0. The summed E-state index contributed by atoms with van der Waals surface area (Å²) in [5.74, 6) is 0. The highest BCUT2D eigenvalue weighted by atomic mass is 15.2. The molecule has 362 valence electrons. The average molecular weight is 887 g/mol. The molecule has 0 saturated heterocycles. The monoisotopic (exact) mass is 886 g/mol. The van der Waals surface area contributed by atoms with Crippen LogP contribution in [0.5, 0.6) is 0 Å². The second-order valence-corrected chi connectivity index (χ2v) is 21.3. The maximum Gasteiger partial charge on any atom is 0.209 e. The van der Waals surface area contributed by atoms with Gasteiger partial charge in [-0.25, -0.2) is 0 Å². The SMILES string of the molecule is CCCCCCCCCCCCCCCCCCN1/C(=C/C=C/C=C\C=C\C2=[N+](CCCCCCCCCCCCCCCCCC)c3ccccc3C2(C)C)C(C)(C)c2ccccc21. The van der Waals surface area contributed by atoms with Crippen molar-refractivity contribution in [1.82, 2.24) is 0 Å². The predicted molar refractivity (Wildman–Crippen MR) is 291 cm³/mol. The van der Waals surface area contributed by atoms with E-state index >= 15 is 0 Å². The number of hydrogen-bond donors (Lipinski definition) is 0. The smallest absolute Gasteiger partial charge is 0.209 e. The molecule has 4 rings (SSSR count). The lowest BCUT2D eigenvalue weighted by Crippen LogP contribution is -2.27. The summed E-state index contributed by atoms with van der Waals surface area (Å²) in [6.07, 6.45) is 61.1. The van der Waals surface area contributed by atoms with Crippen molar-refractivity contribution in [3.05, 3.63) is 108 Å². The lowest BCUT2D eigenvalue weighted by molar-refractivity contribution is -0.438. The molecule has 0 aromatic heterocycles. The molecule has 0 bridgehead atoms. The van der Waals surface area contributed by atoms with Gasteiger partial charge < -0.3 is 4.90 Å². The van der Waals surface area contributed by atoms with Gasteiger partial charge in [-0.3, -0.25) is 0 Å².